The number of carbonyl (C=O) groups is 1. The lowest BCUT2D eigenvalue weighted by atomic mass is 9.97. The lowest BCUT2D eigenvalue weighted by Gasteiger charge is -2.33. The van der Waals surface area contributed by atoms with Gasteiger partial charge in [0, 0.05) is 19.2 Å². The molecule has 1 aliphatic heterocycles. The highest BCUT2D eigenvalue weighted by atomic mass is 19.1. The highest BCUT2D eigenvalue weighted by Crippen LogP contribution is 2.31. The molecule has 1 saturated heterocycles. The number of para-hydroxylation sites is 2. The van der Waals surface area contributed by atoms with Crippen molar-refractivity contribution in [2.45, 2.75) is 19.8 Å². The van der Waals surface area contributed by atoms with Crippen LogP contribution in [-0.2, 0) is 4.79 Å². The van der Waals surface area contributed by atoms with Crippen molar-refractivity contribution in [3.8, 4) is 5.88 Å². The van der Waals surface area contributed by atoms with E-state index >= 15 is 0 Å². The highest BCUT2D eigenvalue weighted by molar-refractivity contribution is 5.93. The molecule has 0 aliphatic carbocycles. The number of ether oxygens (including phenoxy) is 1. The zero-order chi connectivity index (χ0) is 21.1. The molecule has 0 bridgehead atoms. The molecular weight excluding hydrogens is 390 g/mol. The Balaban J connectivity index is 1.56. The summed E-state index contributed by atoms with van der Waals surface area (Å²) in [4.78, 5) is 24.0. The van der Waals surface area contributed by atoms with Crippen LogP contribution in [0.5, 0.6) is 5.88 Å². The molecular formula is C22H22F2N4O2. The topological polar surface area (TPSA) is 67.4 Å². The van der Waals surface area contributed by atoms with Crippen LogP contribution in [0.15, 0.2) is 42.5 Å². The minimum Gasteiger partial charge on any atom is -0.475 e. The molecule has 6 nitrogen and oxygen atoms in total. The van der Waals surface area contributed by atoms with Crippen molar-refractivity contribution in [1.82, 2.24) is 9.97 Å². The Morgan fingerprint density at radius 3 is 2.70 bits per heavy atom. The van der Waals surface area contributed by atoms with Crippen LogP contribution >= 0.6 is 0 Å². The van der Waals surface area contributed by atoms with Crippen molar-refractivity contribution < 1.29 is 18.3 Å². The number of halogens is 2. The molecule has 1 N–H and O–H groups in total. The predicted octanol–water partition coefficient (Wildman–Crippen LogP) is 4.16. The summed E-state index contributed by atoms with van der Waals surface area (Å²) in [5.41, 5.74) is 1.46. The third kappa shape index (κ3) is 4.17. The van der Waals surface area contributed by atoms with Gasteiger partial charge in [0.2, 0.25) is 5.91 Å². The first-order valence-electron chi connectivity index (χ1n) is 9.95. The summed E-state index contributed by atoms with van der Waals surface area (Å²) >= 11 is 0. The molecule has 0 saturated carbocycles. The Morgan fingerprint density at radius 1 is 1.20 bits per heavy atom. The lowest BCUT2D eigenvalue weighted by Crippen LogP contribution is -2.41. The second-order valence-electron chi connectivity index (χ2n) is 7.17. The number of rotatable bonds is 5. The standard InChI is InChI=1S/C22H22F2N4O2/c1-2-30-22-20(25-18-7-3-4-8-19(18)27-22)28-11-5-6-14(13-28)21(29)26-17-10-9-15(23)12-16(17)24/h3-4,7-10,12,14H,2,5-6,11,13H2,1H3,(H,26,29). The number of anilines is 2. The largest absolute Gasteiger partial charge is 0.475 e. The number of nitrogens with zero attached hydrogens (tertiary/aromatic N) is 3. The van der Waals surface area contributed by atoms with Crippen molar-refractivity contribution in [2.24, 2.45) is 5.92 Å². The molecule has 1 unspecified atom stereocenters. The highest BCUT2D eigenvalue weighted by Gasteiger charge is 2.29. The van der Waals surface area contributed by atoms with Crippen LogP contribution in [0.1, 0.15) is 19.8 Å². The van der Waals surface area contributed by atoms with Crippen molar-refractivity contribution in [3.63, 3.8) is 0 Å². The van der Waals surface area contributed by atoms with E-state index in [1.165, 1.54) is 6.07 Å². The van der Waals surface area contributed by atoms with Gasteiger partial charge >= 0.3 is 0 Å². The number of amides is 1. The molecule has 1 fully saturated rings. The molecule has 2 heterocycles. The molecule has 1 aliphatic rings. The third-order valence-electron chi connectivity index (χ3n) is 5.08. The van der Waals surface area contributed by atoms with Gasteiger partial charge in [-0.05, 0) is 44.0 Å². The molecule has 1 amide bonds. The number of carbonyl (C=O) groups excluding carboxylic acids is 1. The van der Waals surface area contributed by atoms with Crippen molar-refractivity contribution in [3.05, 3.63) is 54.1 Å². The third-order valence-corrected chi connectivity index (χ3v) is 5.08. The van der Waals surface area contributed by atoms with Crippen LogP contribution < -0.4 is 15.0 Å². The van der Waals surface area contributed by atoms with Crippen molar-refractivity contribution in [2.75, 3.05) is 29.9 Å². The van der Waals surface area contributed by atoms with Gasteiger partial charge in [-0.1, -0.05) is 12.1 Å². The van der Waals surface area contributed by atoms with Gasteiger partial charge in [-0.25, -0.2) is 18.7 Å². The summed E-state index contributed by atoms with van der Waals surface area (Å²) in [6.45, 7) is 3.44. The average molecular weight is 412 g/mol. The zero-order valence-electron chi connectivity index (χ0n) is 16.6. The molecule has 1 aromatic heterocycles. The van der Waals surface area contributed by atoms with E-state index in [4.69, 9.17) is 9.72 Å². The van der Waals surface area contributed by atoms with Crippen LogP contribution in [0.4, 0.5) is 20.3 Å². The van der Waals surface area contributed by atoms with E-state index in [1.807, 2.05) is 36.1 Å². The zero-order valence-corrected chi connectivity index (χ0v) is 16.6. The summed E-state index contributed by atoms with van der Waals surface area (Å²) in [6.07, 6.45) is 1.43. The van der Waals surface area contributed by atoms with Gasteiger partial charge in [0.05, 0.1) is 29.2 Å². The van der Waals surface area contributed by atoms with E-state index in [1.54, 1.807) is 0 Å². The van der Waals surface area contributed by atoms with E-state index in [0.717, 1.165) is 29.6 Å². The minimum absolute atomic E-state index is 0.0287. The maximum absolute atomic E-state index is 13.9. The van der Waals surface area contributed by atoms with Crippen molar-refractivity contribution in [1.29, 1.82) is 0 Å². The Hall–Kier alpha value is -3.29. The minimum atomic E-state index is -0.796. The van der Waals surface area contributed by atoms with Crippen LogP contribution in [0, 0.1) is 17.6 Å². The number of hydrogen-bond donors (Lipinski definition) is 1. The van der Waals surface area contributed by atoms with Gasteiger partial charge in [0.25, 0.3) is 5.88 Å². The SMILES string of the molecule is CCOc1nc2ccccc2nc1N1CCCC(C(=O)Nc2ccc(F)cc2F)C1. The van der Waals surface area contributed by atoms with E-state index in [-0.39, 0.29) is 17.5 Å². The molecule has 0 radical (unpaired) electrons. The van der Waals surface area contributed by atoms with Gasteiger partial charge in [0.1, 0.15) is 11.6 Å². The summed E-state index contributed by atoms with van der Waals surface area (Å²) in [5.74, 6) is -1.13. The van der Waals surface area contributed by atoms with Crippen LogP contribution in [0.25, 0.3) is 11.0 Å². The van der Waals surface area contributed by atoms with Gasteiger partial charge in [-0.3, -0.25) is 4.79 Å². The molecule has 0 spiro atoms. The summed E-state index contributed by atoms with van der Waals surface area (Å²) in [5, 5.41) is 2.57. The number of nitrogens with one attached hydrogen (secondary N) is 1. The van der Waals surface area contributed by atoms with Crippen LogP contribution in [0.3, 0.4) is 0 Å². The molecule has 156 valence electrons. The van der Waals surface area contributed by atoms with E-state index in [0.29, 0.717) is 37.8 Å². The predicted molar refractivity (Wildman–Crippen MR) is 111 cm³/mol. The smallest absolute Gasteiger partial charge is 0.258 e. The average Bonchev–Trinajstić information content (AvgIpc) is 2.75. The summed E-state index contributed by atoms with van der Waals surface area (Å²) in [6, 6.07) is 10.6. The first-order chi connectivity index (χ1) is 14.5. The number of hydrogen-bond acceptors (Lipinski definition) is 5. The normalized spacial score (nSPS) is 16.5. The van der Waals surface area contributed by atoms with Crippen LogP contribution in [0.2, 0.25) is 0 Å². The van der Waals surface area contributed by atoms with E-state index in [2.05, 4.69) is 10.3 Å². The molecule has 30 heavy (non-hydrogen) atoms. The number of piperidine rings is 1. The lowest BCUT2D eigenvalue weighted by molar-refractivity contribution is -0.120. The van der Waals surface area contributed by atoms with E-state index in [9.17, 15) is 13.6 Å². The molecule has 1 atom stereocenters. The first-order valence-corrected chi connectivity index (χ1v) is 9.95. The molecule has 8 heteroatoms. The fraction of sp³-hybridized carbons (Fsp3) is 0.318. The fourth-order valence-electron chi connectivity index (χ4n) is 3.62. The van der Waals surface area contributed by atoms with Gasteiger partial charge in [0.15, 0.2) is 5.82 Å². The maximum atomic E-state index is 13.9. The number of fused-ring (bicyclic) bond motifs is 1. The quantitative estimate of drug-likeness (QED) is 0.682. The second kappa shape index (κ2) is 8.61. The first kappa shape index (κ1) is 20.0. The number of benzene rings is 2. The molecule has 3 aromatic rings. The fourth-order valence-corrected chi connectivity index (χ4v) is 3.62. The Morgan fingerprint density at radius 2 is 1.97 bits per heavy atom. The van der Waals surface area contributed by atoms with Gasteiger partial charge < -0.3 is 15.0 Å². The van der Waals surface area contributed by atoms with Gasteiger partial charge in [-0.15, -0.1) is 0 Å². The Bertz CT molecular complexity index is 1080. The molecule has 2 aromatic carbocycles. The summed E-state index contributed by atoms with van der Waals surface area (Å²) in [7, 11) is 0. The number of aromatic nitrogens is 2. The van der Waals surface area contributed by atoms with Gasteiger partial charge in [-0.2, -0.15) is 0 Å². The molecule has 4 rings (SSSR count). The second-order valence-corrected chi connectivity index (χ2v) is 7.17. The monoisotopic (exact) mass is 412 g/mol. The van der Waals surface area contributed by atoms with Crippen molar-refractivity contribution >= 4 is 28.4 Å². The maximum Gasteiger partial charge on any atom is 0.258 e. The Kier molecular flexibility index (Phi) is 5.74. The van der Waals surface area contributed by atoms with E-state index < -0.39 is 11.6 Å². The summed E-state index contributed by atoms with van der Waals surface area (Å²) < 4.78 is 32.7. The Labute approximate surface area is 172 Å². The van der Waals surface area contributed by atoms with Crippen LogP contribution in [-0.4, -0.2) is 35.6 Å².